The third-order valence-corrected chi connectivity index (χ3v) is 2.40. The lowest BCUT2D eigenvalue weighted by Gasteiger charge is -2.17. The van der Waals surface area contributed by atoms with Crippen LogP contribution in [0.4, 0.5) is 5.82 Å². The van der Waals surface area contributed by atoms with Crippen LogP contribution >= 0.6 is 0 Å². The van der Waals surface area contributed by atoms with Crippen LogP contribution in [0, 0.1) is 0 Å². The maximum absolute atomic E-state index is 11.0. The van der Waals surface area contributed by atoms with Gasteiger partial charge in [0, 0.05) is 12.7 Å². The fraction of sp³-hybridized carbons (Fsp3) is 0.417. The van der Waals surface area contributed by atoms with Crippen LogP contribution in [0.15, 0.2) is 12.1 Å². The smallest absolute Gasteiger partial charge is 0.335 e. The topological polar surface area (TPSA) is 96.5 Å². The maximum Gasteiger partial charge on any atom is 0.335 e. The zero-order valence-corrected chi connectivity index (χ0v) is 10.5. The number of amides is 1. The largest absolute Gasteiger partial charge is 0.478 e. The lowest BCUT2D eigenvalue weighted by atomic mass is 10.1. The summed E-state index contributed by atoms with van der Waals surface area (Å²) in [4.78, 5) is 27.7. The predicted molar refractivity (Wildman–Crippen MR) is 67.7 cm³/mol. The molecule has 0 saturated carbocycles. The van der Waals surface area contributed by atoms with E-state index < -0.39 is 11.9 Å². The number of carbonyl (C=O) groups is 2. The fourth-order valence-corrected chi connectivity index (χ4v) is 1.59. The average Bonchev–Trinajstić information content (AvgIpc) is 2.28. The van der Waals surface area contributed by atoms with Crippen LogP contribution in [0.25, 0.3) is 0 Å². The molecule has 1 rings (SSSR count). The molecule has 0 radical (unpaired) electrons. The summed E-state index contributed by atoms with van der Waals surface area (Å²) in [5, 5.41) is 9.03. The highest BCUT2D eigenvalue weighted by Crippen LogP contribution is 2.15. The third-order valence-electron chi connectivity index (χ3n) is 2.40. The molecule has 0 spiro atoms. The first-order valence-electron chi connectivity index (χ1n) is 5.67. The summed E-state index contributed by atoms with van der Waals surface area (Å²) in [5.41, 5.74) is 5.96. The van der Waals surface area contributed by atoms with Gasteiger partial charge in [-0.15, -0.1) is 0 Å². The van der Waals surface area contributed by atoms with Crippen molar-refractivity contribution in [1.82, 2.24) is 4.98 Å². The monoisotopic (exact) mass is 251 g/mol. The molecule has 6 nitrogen and oxygen atoms in total. The van der Waals surface area contributed by atoms with Crippen molar-refractivity contribution in [3.8, 4) is 0 Å². The van der Waals surface area contributed by atoms with Crippen LogP contribution in [0.2, 0.25) is 0 Å². The first kappa shape index (κ1) is 14.0. The lowest BCUT2D eigenvalue weighted by molar-refractivity contribution is -0.116. The van der Waals surface area contributed by atoms with Gasteiger partial charge in [0.1, 0.15) is 5.82 Å². The molecule has 0 atom stereocenters. The van der Waals surface area contributed by atoms with Crippen molar-refractivity contribution in [2.45, 2.75) is 19.8 Å². The number of carboxylic acid groups (broad SMARTS) is 1. The molecule has 98 valence electrons. The number of hydrogen-bond acceptors (Lipinski definition) is 4. The molecule has 0 fully saturated rings. The zero-order chi connectivity index (χ0) is 13.7. The van der Waals surface area contributed by atoms with Gasteiger partial charge in [-0.05, 0) is 18.6 Å². The van der Waals surface area contributed by atoms with Crippen LogP contribution < -0.4 is 10.6 Å². The molecule has 0 aliphatic carbocycles. The number of nitrogens with zero attached hydrogens (tertiary/aromatic N) is 2. The van der Waals surface area contributed by atoms with Gasteiger partial charge in [-0.3, -0.25) is 4.79 Å². The normalized spacial score (nSPS) is 10.1. The van der Waals surface area contributed by atoms with Gasteiger partial charge in [-0.2, -0.15) is 0 Å². The molecule has 0 aliphatic heterocycles. The Morgan fingerprint density at radius 3 is 2.61 bits per heavy atom. The van der Waals surface area contributed by atoms with Gasteiger partial charge in [-0.25, -0.2) is 9.78 Å². The van der Waals surface area contributed by atoms with Crippen LogP contribution in [-0.4, -0.2) is 35.6 Å². The van der Waals surface area contributed by atoms with E-state index in [1.165, 1.54) is 11.0 Å². The van der Waals surface area contributed by atoms with Crippen LogP contribution in [0.3, 0.4) is 0 Å². The first-order valence-corrected chi connectivity index (χ1v) is 5.67. The van der Waals surface area contributed by atoms with E-state index in [1.54, 1.807) is 13.1 Å². The standard InChI is InChI=1S/C12H17N3O3/c1-3-4-9-5-8(12(17)18)6-11(14-9)15(2)7-10(13)16/h5-6H,3-4,7H2,1-2H3,(H2,13,16)(H,17,18). The summed E-state index contributed by atoms with van der Waals surface area (Å²) < 4.78 is 0. The molecule has 3 N–H and O–H groups in total. The molecule has 1 heterocycles. The second kappa shape index (κ2) is 6.00. The van der Waals surface area contributed by atoms with Gasteiger partial charge in [0.05, 0.1) is 12.1 Å². The number of primary amides is 1. The quantitative estimate of drug-likeness (QED) is 0.774. The summed E-state index contributed by atoms with van der Waals surface area (Å²) in [6.07, 6.45) is 1.56. The van der Waals surface area contributed by atoms with Gasteiger partial charge < -0.3 is 15.7 Å². The minimum atomic E-state index is -1.01. The van der Waals surface area contributed by atoms with Gasteiger partial charge >= 0.3 is 5.97 Å². The fourth-order valence-electron chi connectivity index (χ4n) is 1.59. The number of aryl methyl sites for hydroxylation is 1. The number of aromatic carboxylic acids is 1. The molecule has 1 aromatic rings. The predicted octanol–water partition coefficient (Wildman–Crippen LogP) is 0.654. The molecule has 0 aliphatic rings. The Balaban J connectivity index is 3.09. The number of anilines is 1. The molecule has 0 aromatic carbocycles. The lowest BCUT2D eigenvalue weighted by Crippen LogP contribution is -2.31. The summed E-state index contributed by atoms with van der Waals surface area (Å²) >= 11 is 0. The van der Waals surface area contributed by atoms with E-state index in [4.69, 9.17) is 10.8 Å². The van der Waals surface area contributed by atoms with Gasteiger partial charge in [0.25, 0.3) is 0 Å². The van der Waals surface area contributed by atoms with Gasteiger partial charge in [-0.1, -0.05) is 13.3 Å². The molecule has 0 unspecified atom stereocenters. The van der Waals surface area contributed by atoms with E-state index in [0.717, 1.165) is 6.42 Å². The SMILES string of the molecule is CCCc1cc(C(=O)O)cc(N(C)CC(N)=O)n1. The third kappa shape index (κ3) is 3.73. The summed E-state index contributed by atoms with van der Waals surface area (Å²) in [6.45, 7) is 1.99. The summed E-state index contributed by atoms with van der Waals surface area (Å²) in [6, 6.07) is 2.98. The molecule has 18 heavy (non-hydrogen) atoms. The highest BCUT2D eigenvalue weighted by Gasteiger charge is 2.12. The molecular formula is C12H17N3O3. The van der Waals surface area contributed by atoms with Crippen molar-refractivity contribution < 1.29 is 14.7 Å². The number of carbonyl (C=O) groups excluding carboxylic acids is 1. The number of hydrogen-bond donors (Lipinski definition) is 2. The Hall–Kier alpha value is -2.11. The van der Waals surface area contributed by atoms with E-state index in [2.05, 4.69) is 4.98 Å². The van der Waals surface area contributed by atoms with Crippen LogP contribution in [-0.2, 0) is 11.2 Å². The van der Waals surface area contributed by atoms with Crippen molar-refractivity contribution in [1.29, 1.82) is 0 Å². The van der Waals surface area contributed by atoms with Gasteiger partial charge in [0.2, 0.25) is 5.91 Å². The second-order valence-corrected chi connectivity index (χ2v) is 4.08. The number of pyridine rings is 1. The Morgan fingerprint density at radius 2 is 2.11 bits per heavy atom. The van der Waals surface area contributed by atoms with E-state index >= 15 is 0 Å². The van der Waals surface area contributed by atoms with E-state index in [-0.39, 0.29) is 12.1 Å². The Labute approximate surface area is 105 Å². The summed E-state index contributed by atoms with van der Waals surface area (Å²) in [5.74, 6) is -1.06. The van der Waals surface area contributed by atoms with Crippen molar-refractivity contribution in [3.05, 3.63) is 23.4 Å². The minimum absolute atomic E-state index is 0.00162. The molecule has 0 saturated heterocycles. The summed E-state index contributed by atoms with van der Waals surface area (Å²) in [7, 11) is 1.65. The van der Waals surface area contributed by atoms with Crippen molar-refractivity contribution in [2.24, 2.45) is 5.73 Å². The second-order valence-electron chi connectivity index (χ2n) is 4.08. The Kier molecular flexibility index (Phi) is 4.65. The Morgan fingerprint density at radius 1 is 1.44 bits per heavy atom. The molecular weight excluding hydrogens is 234 g/mol. The van der Waals surface area contributed by atoms with Crippen molar-refractivity contribution in [2.75, 3.05) is 18.5 Å². The minimum Gasteiger partial charge on any atom is -0.478 e. The maximum atomic E-state index is 11.0. The van der Waals surface area contributed by atoms with Crippen molar-refractivity contribution >= 4 is 17.7 Å². The number of rotatable bonds is 6. The van der Waals surface area contributed by atoms with E-state index in [9.17, 15) is 9.59 Å². The van der Waals surface area contributed by atoms with Crippen LogP contribution in [0.1, 0.15) is 29.4 Å². The van der Waals surface area contributed by atoms with Gasteiger partial charge in [0.15, 0.2) is 0 Å². The molecule has 1 aromatic heterocycles. The van der Waals surface area contributed by atoms with Crippen LogP contribution in [0.5, 0.6) is 0 Å². The zero-order valence-electron chi connectivity index (χ0n) is 10.5. The highest BCUT2D eigenvalue weighted by molar-refractivity contribution is 5.89. The Bertz CT molecular complexity index is 460. The highest BCUT2D eigenvalue weighted by atomic mass is 16.4. The number of aromatic nitrogens is 1. The number of carboxylic acids is 1. The molecule has 0 bridgehead atoms. The number of nitrogens with two attached hydrogens (primary N) is 1. The van der Waals surface area contributed by atoms with E-state index in [1.807, 2.05) is 6.92 Å². The first-order chi connectivity index (χ1) is 8.43. The van der Waals surface area contributed by atoms with Crippen molar-refractivity contribution in [3.63, 3.8) is 0 Å². The number of likely N-dealkylation sites (N-methyl/N-ethyl adjacent to an activating group) is 1. The van der Waals surface area contributed by atoms with E-state index in [0.29, 0.717) is 17.9 Å². The average molecular weight is 251 g/mol. The molecule has 1 amide bonds. The molecule has 6 heteroatoms.